The molecule has 0 unspecified atom stereocenters. The first-order chi connectivity index (χ1) is 8.78. The van der Waals surface area contributed by atoms with Gasteiger partial charge in [0, 0.05) is 10.4 Å². The molecule has 0 N–H and O–H groups in total. The van der Waals surface area contributed by atoms with Crippen LogP contribution in [0, 0.1) is 0 Å². The van der Waals surface area contributed by atoms with E-state index in [2.05, 4.69) is 25.1 Å². The summed E-state index contributed by atoms with van der Waals surface area (Å²) in [5.74, 6) is 0.175. The number of ketones is 1. The Morgan fingerprint density at radius 3 is 2.78 bits per heavy atom. The quantitative estimate of drug-likeness (QED) is 0.758. The fraction of sp³-hybridized carbons (Fsp3) is 0.312. The molecule has 0 spiro atoms. The molecule has 1 heterocycles. The van der Waals surface area contributed by atoms with E-state index >= 15 is 0 Å². The van der Waals surface area contributed by atoms with Crippen molar-refractivity contribution in [3.8, 4) is 0 Å². The summed E-state index contributed by atoms with van der Waals surface area (Å²) in [7, 11) is 0. The highest BCUT2D eigenvalue weighted by Gasteiger charge is 2.16. The third-order valence-corrected chi connectivity index (χ3v) is 4.82. The molecule has 0 fully saturated rings. The number of hydrogen-bond acceptors (Lipinski definition) is 2. The van der Waals surface area contributed by atoms with Gasteiger partial charge in [0.2, 0.25) is 5.78 Å². The van der Waals surface area contributed by atoms with E-state index in [1.54, 1.807) is 11.3 Å². The summed E-state index contributed by atoms with van der Waals surface area (Å²) in [6.45, 7) is 2.12. The molecule has 2 aromatic rings. The van der Waals surface area contributed by atoms with E-state index in [1.165, 1.54) is 28.8 Å². The van der Waals surface area contributed by atoms with Crippen LogP contribution in [0.25, 0.3) is 0 Å². The second-order valence-corrected chi connectivity index (χ2v) is 5.95. The second kappa shape index (κ2) is 4.69. The summed E-state index contributed by atoms with van der Waals surface area (Å²) >= 11 is 1.62. The van der Waals surface area contributed by atoms with Gasteiger partial charge in [-0.1, -0.05) is 19.1 Å². The Hall–Kier alpha value is -1.41. The number of rotatable bonds is 3. The lowest BCUT2D eigenvalue weighted by Crippen LogP contribution is -1.99. The molecule has 1 aliphatic rings. The summed E-state index contributed by atoms with van der Waals surface area (Å²) in [6, 6.07) is 10.2. The van der Waals surface area contributed by atoms with Crippen LogP contribution in [0.1, 0.15) is 44.6 Å². The van der Waals surface area contributed by atoms with Crippen LogP contribution >= 0.6 is 11.3 Å². The second-order valence-electron chi connectivity index (χ2n) is 4.79. The molecule has 1 aromatic heterocycles. The van der Waals surface area contributed by atoms with Crippen LogP contribution in [0.3, 0.4) is 0 Å². The standard InChI is InChI=1S/C16H16OS/c1-2-14-8-9-15(18-14)16(17)13-7-6-11-4-3-5-12(11)10-13/h6-10H,2-5H2,1H3. The SMILES string of the molecule is CCc1ccc(C(=O)c2ccc3c(c2)CCC3)s1. The molecule has 0 bridgehead atoms. The smallest absolute Gasteiger partial charge is 0.202 e. The van der Waals surface area contributed by atoms with Crippen molar-refractivity contribution in [1.29, 1.82) is 0 Å². The lowest BCUT2D eigenvalue weighted by molar-refractivity contribution is 0.104. The number of carbonyl (C=O) groups excluding carboxylic acids is 1. The molecule has 2 heteroatoms. The molecule has 1 nitrogen and oxygen atoms in total. The molecule has 0 amide bonds. The molecule has 18 heavy (non-hydrogen) atoms. The summed E-state index contributed by atoms with van der Waals surface area (Å²) in [5, 5.41) is 0. The Kier molecular flexibility index (Phi) is 3.04. The number of aryl methyl sites for hydroxylation is 3. The van der Waals surface area contributed by atoms with E-state index in [9.17, 15) is 4.79 Å². The van der Waals surface area contributed by atoms with Gasteiger partial charge in [-0.05, 0) is 55.0 Å². The van der Waals surface area contributed by atoms with Gasteiger partial charge in [0.15, 0.2) is 0 Å². The van der Waals surface area contributed by atoms with Crippen molar-refractivity contribution in [2.75, 3.05) is 0 Å². The first kappa shape index (κ1) is 11.7. The predicted octanol–water partition coefficient (Wildman–Crippen LogP) is 4.03. The highest BCUT2D eigenvalue weighted by Crippen LogP contribution is 2.25. The highest BCUT2D eigenvalue weighted by molar-refractivity contribution is 7.14. The zero-order valence-corrected chi connectivity index (χ0v) is 11.3. The first-order valence-electron chi connectivity index (χ1n) is 6.53. The van der Waals surface area contributed by atoms with Gasteiger partial charge in [0.05, 0.1) is 4.88 Å². The Morgan fingerprint density at radius 1 is 1.17 bits per heavy atom. The molecule has 1 aliphatic carbocycles. The van der Waals surface area contributed by atoms with E-state index < -0.39 is 0 Å². The Labute approximate surface area is 111 Å². The molecular formula is C16H16OS. The van der Waals surface area contributed by atoms with Gasteiger partial charge in [-0.15, -0.1) is 11.3 Å². The molecule has 0 aliphatic heterocycles. The van der Waals surface area contributed by atoms with E-state index in [-0.39, 0.29) is 5.78 Å². The van der Waals surface area contributed by atoms with E-state index in [1.807, 2.05) is 12.1 Å². The zero-order chi connectivity index (χ0) is 12.5. The Balaban J connectivity index is 1.92. The fourth-order valence-electron chi connectivity index (χ4n) is 2.55. The first-order valence-corrected chi connectivity index (χ1v) is 7.35. The van der Waals surface area contributed by atoms with E-state index in [0.717, 1.165) is 23.3 Å². The summed E-state index contributed by atoms with van der Waals surface area (Å²) in [6.07, 6.45) is 4.53. The summed E-state index contributed by atoms with van der Waals surface area (Å²) in [5.41, 5.74) is 3.64. The van der Waals surface area contributed by atoms with Crippen LogP contribution in [-0.4, -0.2) is 5.78 Å². The van der Waals surface area contributed by atoms with Crippen LogP contribution in [0.15, 0.2) is 30.3 Å². The largest absolute Gasteiger partial charge is 0.288 e. The van der Waals surface area contributed by atoms with Crippen LogP contribution in [0.5, 0.6) is 0 Å². The van der Waals surface area contributed by atoms with Crippen LogP contribution in [-0.2, 0) is 19.3 Å². The van der Waals surface area contributed by atoms with Gasteiger partial charge in [0.25, 0.3) is 0 Å². The fourth-order valence-corrected chi connectivity index (χ4v) is 3.45. The summed E-state index contributed by atoms with van der Waals surface area (Å²) in [4.78, 5) is 14.5. The molecule has 0 radical (unpaired) electrons. The molecular weight excluding hydrogens is 240 g/mol. The van der Waals surface area contributed by atoms with Crippen LogP contribution < -0.4 is 0 Å². The maximum absolute atomic E-state index is 12.4. The minimum atomic E-state index is 0.175. The van der Waals surface area contributed by atoms with Crippen LogP contribution in [0.4, 0.5) is 0 Å². The zero-order valence-electron chi connectivity index (χ0n) is 10.5. The number of thiophene rings is 1. The molecule has 0 saturated carbocycles. The van der Waals surface area contributed by atoms with Crippen molar-refractivity contribution in [2.45, 2.75) is 32.6 Å². The van der Waals surface area contributed by atoms with Gasteiger partial charge in [-0.3, -0.25) is 4.79 Å². The lowest BCUT2D eigenvalue weighted by Gasteiger charge is -2.02. The Morgan fingerprint density at radius 2 is 2.00 bits per heavy atom. The van der Waals surface area contributed by atoms with Crippen molar-refractivity contribution < 1.29 is 4.79 Å². The van der Waals surface area contributed by atoms with E-state index in [4.69, 9.17) is 0 Å². The maximum Gasteiger partial charge on any atom is 0.202 e. The number of hydrogen-bond donors (Lipinski definition) is 0. The normalized spacial score (nSPS) is 13.6. The highest BCUT2D eigenvalue weighted by atomic mass is 32.1. The van der Waals surface area contributed by atoms with Crippen molar-refractivity contribution in [1.82, 2.24) is 0 Å². The average molecular weight is 256 g/mol. The van der Waals surface area contributed by atoms with Gasteiger partial charge < -0.3 is 0 Å². The molecule has 3 rings (SSSR count). The van der Waals surface area contributed by atoms with Crippen molar-refractivity contribution in [2.24, 2.45) is 0 Å². The van der Waals surface area contributed by atoms with Crippen molar-refractivity contribution >= 4 is 17.1 Å². The van der Waals surface area contributed by atoms with Crippen molar-refractivity contribution in [3.05, 3.63) is 56.8 Å². The van der Waals surface area contributed by atoms with Gasteiger partial charge in [0.1, 0.15) is 0 Å². The third kappa shape index (κ3) is 2.01. The molecule has 0 atom stereocenters. The number of carbonyl (C=O) groups is 1. The monoisotopic (exact) mass is 256 g/mol. The van der Waals surface area contributed by atoms with E-state index in [0.29, 0.717) is 0 Å². The minimum Gasteiger partial charge on any atom is -0.288 e. The predicted molar refractivity (Wildman–Crippen MR) is 75.6 cm³/mol. The molecule has 92 valence electrons. The third-order valence-electron chi connectivity index (χ3n) is 3.59. The number of fused-ring (bicyclic) bond motifs is 1. The summed E-state index contributed by atoms with van der Waals surface area (Å²) < 4.78 is 0. The average Bonchev–Trinajstić information content (AvgIpc) is 3.05. The Bertz CT molecular complexity index is 595. The van der Waals surface area contributed by atoms with Crippen molar-refractivity contribution in [3.63, 3.8) is 0 Å². The van der Waals surface area contributed by atoms with Gasteiger partial charge in [-0.2, -0.15) is 0 Å². The lowest BCUT2D eigenvalue weighted by atomic mass is 10.0. The topological polar surface area (TPSA) is 17.1 Å². The van der Waals surface area contributed by atoms with Crippen LogP contribution in [0.2, 0.25) is 0 Å². The molecule has 1 aromatic carbocycles. The maximum atomic E-state index is 12.4. The molecule has 0 saturated heterocycles. The van der Waals surface area contributed by atoms with Gasteiger partial charge >= 0.3 is 0 Å². The van der Waals surface area contributed by atoms with Gasteiger partial charge in [-0.25, -0.2) is 0 Å². The minimum absolute atomic E-state index is 0.175. The number of benzene rings is 1.